The number of nitro groups is 1. The predicted molar refractivity (Wildman–Crippen MR) is 65.2 cm³/mol. The molecule has 0 bridgehead atoms. The molecule has 1 aromatic carbocycles. The fourth-order valence-electron chi connectivity index (χ4n) is 1.28. The molecule has 1 rings (SSSR count). The van der Waals surface area contributed by atoms with E-state index in [0.717, 1.165) is 5.56 Å². The highest BCUT2D eigenvalue weighted by molar-refractivity contribution is 9.09. The molecule has 0 aromatic heterocycles. The minimum atomic E-state index is -0.486. The van der Waals surface area contributed by atoms with Crippen LogP contribution in [0.5, 0.6) is 0 Å². The van der Waals surface area contributed by atoms with Gasteiger partial charge in [0.25, 0.3) is 5.69 Å². The maximum atomic E-state index is 11.3. The Hall–Kier alpha value is -0.940. The molecule has 0 N–H and O–H groups in total. The summed E-state index contributed by atoms with van der Waals surface area (Å²) in [5.74, 6) is 0.204. The van der Waals surface area contributed by atoms with E-state index in [-0.39, 0.29) is 29.1 Å². The van der Waals surface area contributed by atoms with Crippen LogP contribution in [0.15, 0.2) is 18.2 Å². The van der Waals surface area contributed by atoms with Crippen molar-refractivity contribution in [2.75, 3.05) is 5.33 Å². The number of non-ortho nitro benzene ring substituents is 1. The molecule has 0 radical (unpaired) electrons. The number of ketones is 1. The number of nitrogens with zero attached hydrogens (tertiary/aromatic N) is 1. The fourth-order valence-corrected chi connectivity index (χ4v) is 1.74. The normalized spacial score (nSPS) is 10.1. The summed E-state index contributed by atoms with van der Waals surface area (Å²) >= 11 is 8.75. The minimum Gasteiger partial charge on any atom is -0.298 e. The number of benzene rings is 1. The molecule has 0 spiro atoms. The quantitative estimate of drug-likeness (QED) is 0.477. The van der Waals surface area contributed by atoms with Gasteiger partial charge in [0.2, 0.25) is 0 Å². The van der Waals surface area contributed by atoms with Gasteiger partial charge in [0.1, 0.15) is 5.78 Å². The second kappa shape index (κ2) is 5.96. The lowest BCUT2D eigenvalue weighted by Crippen LogP contribution is -2.06. The SMILES string of the molecule is O=C(CBr)Cc1cc([N+](=O)[O-])ccc1CCl. The lowest BCUT2D eigenvalue weighted by molar-refractivity contribution is -0.384. The van der Waals surface area contributed by atoms with Crippen molar-refractivity contribution in [1.29, 1.82) is 0 Å². The second-order valence-electron chi connectivity index (χ2n) is 3.19. The minimum absolute atomic E-state index is 0.0220. The fraction of sp³-hybridized carbons (Fsp3) is 0.300. The molecule has 4 nitrogen and oxygen atoms in total. The third-order valence-corrected chi connectivity index (χ3v) is 2.99. The monoisotopic (exact) mass is 305 g/mol. The first-order valence-electron chi connectivity index (χ1n) is 4.48. The van der Waals surface area contributed by atoms with Crippen molar-refractivity contribution < 1.29 is 9.72 Å². The molecule has 0 aliphatic carbocycles. The summed E-state index contributed by atoms with van der Waals surface area (Å²) in [6, 6.07) is 4.38. The lowest BCUT2D eigenvalue weighted by Gasteiger charge is -2.05. The highest BCUT2D eigenvalue weighted by Crippen LogP contribution is 2.20. The van der Waals surface area contributed by atoms with Crippen molar-refractivity contribution in [3.63, 3.8) is 0 Å². The molecular weight excluding hydrogens is 297 g/mol. The number of rotatable bonds is 5. The molecule has 16 heavy (non-hydrogen) atoms. The van der Waals surface area contributed by atoms with Gasteiger partial charge in [-0.15, -0.1) is 11.6 Å². The van der Waals surface area contributed by atoms with Crippen LogP contribution < -0.4 is 0 Å². The third-order valence-electron chi connectivity index (χ3n) is 2.08. The first kappa shape index (κ1) is 13.1. The molecule has 86 valence electrons. The summed E-state index contributed by atoms with van der Waals surface area (Å²) in [5, 5.41) is 10.8. The van der Waals surface area contributed by atoms with E-state index >= 15 is 0 Å². The van der Waals surface area contributed by atoms with Crippen LogP contribution >= 0.6 is 27.5 Å². The number of alkyl halides is 2. The highest BCUT2D eigenvalue weighted by Gasteiger charge is 2.12. The zero-order valence-corrected chi connectivity index (χ0v) is 10.6. The Morgan fingerprint density at radius 3 is 2.62 bits per heavy atom. The topological polar surface area (TPSA) is 60.2 Å². The van der Waals surface area contributed by atoms with Gasteiger partial charge in [-0.3, -0.25) is 14.9 Å². The first-order valence-corrected chi connectivity index (χ1v) is 6.14. The zero-order chi connectivity index (χ0) is 12.1. The number of carbonyl (C=O) groups is 1. The van der Waals surface area contributed by atoms with Crippen molar-refractivity contribution in [1.82, 2.24) is 0 Å². The van der Waals surface area contributed by atoms with E-state index in [0.29, 0.717) is 5.56 Å². The molecule has 0 fully saturated rings. The summed E-state index contributed by atoms with van der Waals surface area (Å²) in [4.78, 5) is 21.4. The van der Waals surface area contributed by atoms with Gasteiger partial charge in [-0.1, -0.05) is 22.0 Å². The third kappa shape index (κ3) is 3.28. The average Bonchev–Trinajstić information content (AvgIpc) is 2.28. The van der Waals surface area contributed by atoms with Crippen LogP contribution in [0.4, 0.5) is 5.69 Å². The van der Waals surface area contributed by atoms with Crippen molar-refractivity contribution in [2.24, 2.45) is 0 Å². The van der Waals surface area contributed by atoms with E-state index in [2.05, 4.69) is 15.9 Å². The van der Waals surface area contributed by atoms with Gasteiger partial charge in [0.15, 0.2) is 0 Å². The summed E-state index contributed by atoms with van der Waals surface area (Å²) in [5.41, 5.74) is 1.35. The van der Waals surface area contributed by atoms with Gasteiger partial charge < -0.3 is 0 Å². The number of Topliss-reactive ketones (excluding diaryl/α,β-unsaturated/α-hetero) is 1. The standard InChI is InChI=1S/C10H9BrClNO3/c11-5-10(14)4-8-3-9(13(15)16)2-1-7(8)6-12/h1-3H,4-6H2. The van der Waals surface area contributed by atoms with Gasteiger partial charge >= 0.3 is 0 Å². The molecule has 0 aliphatic heterocycles. The van der Waals surface area contributed by atoms with E-state index in [9.17, 15) is 14.9 Å². The maximum Gasteiger partial charge on any atom is 0.269 e. The van der Waals surface area contributed by atoms with Crippen molar-refractivity contribution in [2.45, 2.75) is 12.3 Å². The van der Waals surface area contributed by atoms with Crippen LogP contribution in [0, 0.1) is 10.1 Å². The predicted octanol–water partition coefficient (Wildman–Crippen LogP) is 2.84. The molecule has 0 unspecified atom stereocenters. The molecule has 0 amide bonds. The van der Waals surface area contributed by atoms with Crippen molar-refractivity contribution >= 4 is 39.0 Å². The van der Waals surface area contributed by atoms with Gasteiger partial charge in [-0.25, -0.2) is 0 Å². The number of hydrogen-bond acceptors (Lipinski definition) is 3. The zero-order valence-electron chi connectivity index (χ0n) is 8.28. The largest absolute Gasteiger partial charge is 0.298 e. The van der Waals surface area contributed by atoms with E-state index in [1.807, 2.05) is 0 Å². The maximum absolute atomic E-state index is 11.3. The summed E-state index contributed by atoms with van der Waals surface area (Å²) in [7, 11) is 0. The van der Waals surface area contributed by atoms with Crippen molar-refractivity contribution in [3.05, 3.63) is 39.4 Å². The Balaban J connectivity index is 3.06. The molecular formula is C10H9BrClNO3. The molecule has 6 heteroatoms. The molecule has 0 saturated carbocycles. The molecule has 0 aliphatic rings. The van der Waals surface area contributed by atoms with E-state index in [1.165, 1.54) is 12.1 Å². The summed E-state index contributed by atoms with van der Waals surface area (Å²) in [6.45, 7) is 0. The molecule has 0 atom stereocenters. The Bertz CT molecular complexity index is 423. The summed E-state index contributed by atoms with van der Waals surface area (Å²) < 4.78 is 0. The van der Waals surface area contributed by atoms with Gasteiger partial charge in [0, 0.05) is 24.4 Å². The number of hydrogen-bond donors (Lipinski definition) is 0. The van der Waals surface area contributed by atoms with Crippen molar-refractivity contribution in [3.8, 4) is 0 Å². The van der Waals surface area contributed by atoms with Crippen LogP contribution in [0.2, 0.25) is 0 Å². The van der Waals surface area contributed by atoms with Gasteiger partial charge in [-0.2, -0.15) is 0 Å². The molecule has 1 aromatic rings. The van der Waals surface area contributed by atoms with Crippen LogP contribution in [-0.4, -0.2) is 16.0 Å². The average molecular weight is 307 g/mol. The Kier molecular flexibility index (Phi) is 4.89. The first-order chi connectivity index (χ1) is 7.58. The van der Waals surface area contributed by atoms with E-state index < -0.39 is 4.92 Å². The highest BCUT2D eigenvalue weighted by atomic mass is 79.9. The van der Waals surface area contributed by atoms with Crippen LogP contribution in [0.1, 0.15) is 11.1 Å². The molecule has 0 saturated heterocycles. The Labute approximate surface area is 106 Å². The van der Waals surface area contributed by atoms with E-state index in [1.54, 1.807) is 6.07 Å². The van der Waals surface area contributed by atoms with Crippen LogP contribution in [-0.2, 0) is 17.1 Å². The van der Waals surface area contributed by atoms with Gasteiger partial charge in [-0.05, 0) is 11.1 Å². The Morgan fingerprint density at radius 2 is 2.12 bits per heavy atom. The van der Waals surface area contributed by atoms with Gasteiger partial charge in [0.05, 0.1) is 10.3 Å². The smallest absolute Gasteiger partial charge is 0.269 e. The summed E-state index contributed by atoms with van der Waals surface area (Å²) in [6.07, 6.45) is 0.162. The molecule has 0 heterocycles. The second-order valence-corrected chi connectivity index (χ2v) is 4.02. The Morgan fingerprint density at radius 1 is 1.44 bits per heavy atom. The van der Waals surface area contributed by atoms with Crippen LogP contribution in [0.3, 0.4) is 0 Å². The van der Waals surface area contributed by atoms with E-state index in [4.69, 9.17) is 11.6 Å². The lowest BCUT2D eigenvalue weighted by atomic mass is 10.0. The number of halogens is 2. The number of nitro benzene ring substituents is 1. The van der Waals surface area contributed by atoms with Crippen LogP contribution in [0.25, 0.3) is 0 Å². The number of carbonyl (C=O) groups excluding carboxylic acids is 1.